The normalized spacial score (nSPS) is 12.6. The monoisotopic (exact) mass is 384 g/mol. The zero-order valence-electron chi connectivity index (χ0n) is 15.1. The second-order valence-corrected chi connectivity index (χ2v) is 6.13. The molecule has 146 valence electrons. The van der Waals surface area contributed by atoms with Gasteiger partial charge in [-0.05, 0) is 35.9 Å². The molecule has 1 aliphatic rings. The minimum absolute atomic E-state index is 0.257. The van der Waals surface area contributed by atoms with E-state index in [9.17, 15) is 14.4 Å². The average molecular weight is 384 g/mol. The number of nitrogens with one attached hydrogen (secondary N) is 1. The van der Waals surface area contributed by atoms with Gasteiger partial charge in [0.15, 0.2) is 23.9 Å². The number of urea groups is 1. The lowest BCUT2D eigenvalue weighted by Crippen LogP contribution is -2.28. The largest absolute Gasteiger partial charge is 0.490 e. The number of benzene rings is 2. The lowest BCUT2D eigenvalue weighted by molar-refractivity contribution is 0.0474. The molecule has 0 aromatic heterocycles. The van der Waals surface area contributed by atoms with Crippen LogP contribution in [0.3, 0.4) is 0 Å². The molecule has 0 saturated carbocycles. The molecule has 3 N–H and O–H groups in total. The minimum Gasteiger partial charge on any atom is -0.490 e. The molecule has 2 amide bonds. The van der Waals surface area contributed by atoms with E-state index in [-0.39, 0.29) is 18.9 Å². The topological polar surface area (TPSA) is 117 Å². The van der Waals surface area contributed by atoms with Gasteiger partial charge < -0.3 is 25.3 Å². The first-order valence-electron chi connectivity index (χ1n) is 8.75. The van der Waals surface area contributed by atoms with Crippen molar-refractivity contribution < 1.29 is 28.6 Å². The predicted molar refractivity (Wildman–Crippen MR) is 99.5 cm³/mol. The molecule has 0 fully saturated rings. The summed E-state index contributed by atoms with van der Waals surface area (Å²) in [5.41, 5.74) is 6.47. The van der Waals surface area contributed by atoms with Crippen molar-refractivity contribution >= 4 is 17.8 Å². The molecule has 2 aromatic rings. The standard InChI is InChI=1S/C20H20N2O6/c21-20(25)22-11-13-2-4-14(5-3-13)19(24)28-12-16(23)15-6-7-17-18(10-15)27-9-1-8-26-17/h2-7,10H,1,8-9,11-12H2,(H3,21,22,25). The second-order valence-electron chi connectivity index (χ2n) is 6.13. The molecule has 1 aliphatic heterocycles. The smallest absolute Gasteiger partial charge is 0.338 e. The Morgan fingerprint density at radius 3 is 2.36 bits per heavy atom. The van der Waals surface area contributed by atoms with Crippen LogP contribution in [0, 0.1) is 0 Å². The number of ketones is 1. The highest BCUT2D eigenvalue weighted by Gasteiger charge is 2.16. The van der Waals surface area contributed by atoms with Gasteiger partial charge in [0.25, 0.3) is 0 Å². The van der Waals surface area contributed by atoms with E-state index >= 15 is 0 Å². The van der Waals surface area contributed by atoms with Gasteiger partial charge in [0, 0.05) is 18.5 Å². The highest BCUT2D eigenvalue weighted by molar-refractivity contribution is 5.99. The second kappa shape index (κ2) is 8.90. The van der Waals surface area contributed by atoms with Crippen LogP contribution in [0.25, 0.3) is 0 Å². The number of Topliss-reactive ketones (excluding diaryl/α,β-unsaturated/α-hetero) is 1. The summed E-state index contributed by atoms with van der Waals surface area (Å²) in [5, 5.41) is 2.45. The van der Waals surface area contributed by atoms with E-state index in [1.165, 1.54) is 0 Å². The van der Waals surface area contributed by atoms with Crippen molar-refractivity contribution in [2.24, 2.45) is 5.73 Å². The Balaban J connectivity index is 1.56. The van der Waals surface area contributed by atoms with Gasteiger partial charge in [-0.1, -0.05) is 12.1 Å². The minimum atomic E-state index is -0.628. The number of primary amides is 1. The molecule has 0 radical (unpaired) electrons. The predicted octanol–water partition coefficient (Wildman–Crippen LogP) is 2.06. The van der Waals surface area contributed by atoms with E-state index in [0.717, 1.165) is 12.0 Å². The number of hydrogen-bond donors (Lipinski definition) is 2. The molecule has 1 heterocycles. The molecule has 0 spiro atoms. The zero-order chi connectivity index (χ0) is 19.9. The maximum absolute atomic E-state index is 12.3. The molecule has 8 nitrogen and oxygen atoms in total. The Labute approximate surface area is 161 Å². The van der Waals surface area contributed by atoms with Gasteiger partial charge in [-0.2, -0.15) is 0 Å². The number of carbonyl (C=O) groups is 3. The third kappa shape index (κ3) is 5.00. The van der Waals surface area contributed by atoms with Crippen molar-refractivity contribution in [3.8, 4) is 11.5 Å². The van der Waals surface area contributed by atoms with E-state index in [2.05, 4.69) is 5.32 Å². The Kier molecular flexibility index (Phi) is 6.11. The van der Waals surface area contributed by atoms with Gasteiger partial charge in [-0.3, -0.25) is 4.79 Å². The third-order valence-corrected chi connectivity index (χ3v) is 4.06. The molecule has 0 atom stereocenters. The van der Waals surface area contributed by atoms with Crippen molar-refractivity contribution in [1.29, 1.82) is 0 Å². The van der Waals surface area contributed by atoms with Gasteiger partial charge in [0.05, 0.1) is 18.8 Å². The van der Waals surface area contributed by atoms with Crippen LogP contribution in [0.4, 0.5) is 4.79 Å². The lowest BCUT2D eigenvalue weighted by Gasteiger charge is -2.09. The molecular formula is C20H20N2O6. The first-order valence-corrected chi connectivity index (χ1v) is 8.75. The quantitative estimate of drug-likeness (QED) is 0.582. The fourth-order valence-corrected chi connectivity index (χ4v) is 2.58. The molecular weight excluding hydrogens is 364 g/mol. The van der Waals surface area contributed by atoms with Crippen LogP contribution in [0.5, 0.6) is 11.5 Å². The van der Waals surface area contributed by atoms with E-state index < -0.39 is 12.0 Å². The molecule has 28 heavy (non-hydrogen) atoms. The van der Waals surface area contributed by atoms with Gasteiger partial charge in [0.2, 0.25) is 0 Å². The summed E-state index contributed by atoms with van der Waals surface area (Å²) >= 11 is 0. The maximum atomic E-state index is 12.3. The number of nitrogens with two attached hydrogens (primary N) is 1. The van der Waals surface area contributed by atoms with Crippen molar-refractivity contribution in [2.75, 3.05) is 19.8 Å². The molecule has 3 rings (SSSR count). The number of hydrogen-bond acceptors (Lipinski definition) is 6. The Morgan fingerprint density at radius 2 is 1.64 bits per heavy atom. The van der Waals surface area contributed by atoms with Gasteiger partial charge in [-0.25, -0.2) is 9.59 Å². The summed E-state index contributed by atoms with van der Waals surface area (Å²) < 4.78 is 16.2. The fraction of sp³-hybridized carbons (Fsp3) is 0.250. The van der Waals surface area contributed by atoms with E-state index in [0.29, 0.717) is 35.8 Å². The van der Waals surface area contributed by atoms with Crippen LogP contribution < -0.4 is 20.5 Å². The molecule has 2 aromatic carbocycles. The summed E-state index contributed by atoms with van der Waals surface area (Å²) in [7, 11) is 0. The number of rotatable bonds is 6. The van der Waals surface area contributed by atoms with E-state index in [4.69, 9.17) is 19.9 Å². The molecule has 0 aliphatic carbocycles. The zero-order valence-corrected chi connectivity index (χ0v) is 15.1. The summed E-state index contributed by atoms with van der Waals surface area (Å²) in [6.45, 7) is 0.955. The lowest BCUT2D eigenvalue weighted by atomic mass is 10.1. The summed E-state index contributed by atoms with van der Waals surface area (Å²) in [6.07, 6.45) is 0.771. The molecule has 0 saturated heterocycles. The highest BCUT2D eigenvalue weighted by Crippen LogP contribution is 2.30. The van der Waals surface area contributed by atoms with Crippen LogP contribution in [-0.2, 0) is 11.3 Å². The molecule has 8 heteroatoms. The van der Waals surface area contributed by atoms with Crippen molar-refractivity contribution in [3.63, 3.8) is 0 Å². The number of carbonyl (C=O) groups excluding carboxylic acids is 3. The number of fused-ring (bicyclic) bond motifs is 1. The average Bonchev–Trinajstić information content (AvgIpc) is 2.95. The molecule has 0 bridgehead atoms. The Bertz CT molecular complexity index is 879. The number of amides is 2. The van der Waals surface area contributed by atoms with Crippen molar-refractivity contribution in [1.82, 2.24) is 5.32 Å². The van der Waals surface area contributed by atoms with Crippen LogP contribution in [-0.4, -0.2) is 37.6 Å². The highest BCUT2D eigenvalue weighted by atomic mass is 16.5. The summed E-state index contributed by atoms with van der Waals surface area (Å²) in [5.74, 6) is 0.148. The maximum Gasteiger partial charge on any atom is 0.338 e. The van der Waals surface area contributed by atoms with Gasteiger partial charge in [-0.15, -0.1) is 0 Å². The summed E-state index contributed by atoms with van der Waals surface area (Å²) in [6, 6.07) is 10.7. The van der Waals surface area contributed by atoms with Crippen LogP contribution >= 0.6 is 0 Å². The molecule has 0 unspecified atom stereocenters. The SMILES string of the molecule is NC(=O)NCc1ccc(C(=O)OCC(=O)c2ccc3c(c2)OCCCO3)cc1. The van der Waals surface area contributed by atoms with Crippen LogP contribution in [0.15, 0.2) is 42.5 Å². The number of ether oxygens (including phenoxy) is 3. The summed E-state index contributed by atoms with van der Waals surface area (Å²) in [4.78, 5) is 35.2. The van der Waals surface area contributed by atoms with Crippen molar-refractivity contribution in [2.45, 2.75) is 13.0 Å². The number of esters is 1. The fourth-order valence-electron chi connectivity index (χ4n) is 2.58. The van der Waals surface area contributed by atoms with E-state index in [1.54, 1.807) is 42.5 Å². The van der Waals surface area contributed by atoms with Crippen LogP contribution in [0.2, 0.25) is 0 Å². The Hall–Kier alpha value is -3.55. The van der Waals surface area contributed by atoms with E-state index in [1.807, 2.05) is 0 Å². The van der Waals surface area contributed by atoms with Crippen molar-refractivity contribution in [3.05, 3.63) is 59.2 Å². The first-order chi connectivity index (χ1) is 13.5. The van der Waals surface area contributed by atoms with Gasteiger partial charge >= 0.3 is 12.0 Å². The first kappa shape index (κ1) is 19.2. The van der Waals surface area contributed by atoms with Gasteiger partial charge in [0.1, 0.15) is 0 Å². The third-order valence-electron chi connectivity index (χ3n) is 4.06. The Morgan fingerprint density at radius 1 is 0.964 bits per heavy atom. The van der Waals surface area contributed by atoms with Crippen LogP contribution in [0.1, 0.15) is 32.7 Å².